The van der Waals surface area contributed by atoms with Crippen LogP contribution in [-0.4, -0.2) is 65.4 Å². The second-order valence-electron chi connectivity index (χ2n) is 13.8. The normalized spacial score (nSPS) is 17.9. The summed E-state index contributed by atoms with van der Waals surface area (Å²) in [6, 6.07) is 32.2. The number of likely N-dealkylation sites (tertiary alicyclic amines) is 1. The first-order valence-corrected chi connectivity index (χ1v) is 18.2. The number of rotatable bonds is 12. The van der Waals surface area contributed by atoms with Gasteiger partial charge in [-0.15, -0.1) is 0 Å². The lowest BCUT2D eigenvalue weighted by molar-refractivity contribution is 0.157. The van der Waals surface area contributed by atoms with Gasteiger partial charge in [0.1, 0.15) is 5.82 Å². The molecule has 0 atom stereocenters. The molecule has 0 unspecified atom stereocenters. The molecule has 2 heterocycles. The van der Waals surface area contributed by atoms with Crippen LogP contribution in [0.25, 0.3) is 21.7 Å². The van der Waals surface area contributed by atoms with E-state index in [1.165, 1.54) is 42.3 Å². The average Bonchev–Trinajstić information content (AvgIpc) is 3.16. The van der Waals surface area contributed by atoms with Crippen molar-refractivity contribution in [2.45, 2.75) is 58.5 Å². The molecule has 7 rings (SSSR count). The minimum absolute atomic E-state index is 0. The van der Waals surface area contributed by atoms with E-state index in [4.69, 9.17) is 19.0 Å². The molecule has 1 aliphatic carbocycles. The van der Waals surface area contributed by atoms with Crippen LogP contribution in [0, 0.1) is 11.8 Å². The first kappa shape index (κ1) is 37.9. The maximum absolute atomic E-state index is 7.83. The molecule has 0 radical (unpaired) electrons. The molecule has 1 saturated heterocycles. The summed E-state index contributed by atoms with van der Waals surface area (Å²) in [6.45, 7) is 4.96. The lowest BCUT2D eigenvalue weighted by atomic mass is 9.82. The van der Waals surface area contributed by atoms with Gasteiger partial charge in [0.2, 0.25) is 5.95 Å². The molecule has 9 nitrogen and oxygen atoms in total. The summed E-state index contributed by atoms with van der Waals surface area (Å²) in [5.74, 6) is 3.78. The van der Waals surface area contributed by atoms with E-state index >= 15 is 0 Å². The van der Waals surface area contributed by atoms with Gasteiger partial charge >= 0.3 is 0 Å². The van der Waals surface area contributed by atoms with Crippen molar-refractivity contribution in [1.82, 2.24) is 20.3 Å². The minimum atomic E-state index is 0. The third-order valence-corrected chi connectivity index (χ3v) is 10.2. The minimum Gasteiger partial charge on any atom is -0.408 e. The highest BCUT2D eigenvalue weighted by atomic mass is 32.1. The van der Waals surface area contributed by atoms with Crippen molar-refractivity contribution in [2.75, 3.05) is 55.8 Å². The third kappa shape index (κ3) is 9.90. The van der Waals surface area contributed by atoms with E-state index in [1.54, 1.807) is 0 Å². The van der Waals surface area contributed by atoms with E-state index in [9.17, 15) is 0 Å². The number of anilines is 3. The Morgan fingerprint density at radius 1 is 0.745 bits per heavy atom. The molecular weight excluding hydrogens is 655 g/mol. The lowest BCUT2D eigenvalue weighted by Crippen LogP contribution is -2.38. The smallest absolute Gasteiger partial charge is 0.225 e. The monoisotopic (exact) mass is 707 g/mol. The topological polar surface area (TPSA) is 94.7 Å². The Balaban J connectivity index is 0.00000165. The molecule has 2 fully saturated rings. The first-order chi connectivity index (χ1) is 24.6. The van der Waals surface area contributed by atoms with Gasteiger partial charge in [-0.3, -0.25) is 4.90 Å². The van der Waals surface area contributed by atoms with Crippen molar-refractivity contribution < 1.29 is 9.05 Å². The van der Waals surface area contributed by atoms with E-state index in [0.29, 0.717) is 17.9 Å². The van der Waals surface area contributed by atoms with Crippen LogP contribution in [0.15, 0.2) is 91.0 Å². The van der Waals surface area contributed by atoms with Crippen molar-refractivity contribution in [2.24, 2.45) is 11.8 Å². The number of hydroxylamine groups is 1. The Bertz CT molecular complexity index is 1810. The van der Waals surface area contributed by atoms with E-state index in [0.717, 1.165) is 79.4 Å². The summed E-state index contributed by atoms with van der Waals surface area (Å²) in [5.41, 5.74) is 6.86. The second kappa shape index (κ2) is 18.7. The van der Waals surface area contributed by atoms with Gasteiger partial charge in [-0.05, 0) is 80.2 Å². The highest BCUT2D eigenvalue weighted by molar-refractivity contribution is 7.44. The molecule has 10 heteroatoms. The molecule has 5 aromatic rings. The van der Waals surface area contributed by atoms with Gasteiger partial charge in [-0.2, -0.15) is 14.7 Å². The molecule has 0 spiro atoms. The number of nitrogens with zero attached hydrogens (tertiary/aromatic N) is 4. The quantitative estimate of drug-likeness (QED) is 0.111. The van der Waals surface area contributed by atoms with Gasteiger partial charge in [0.15, 0.2) is 18.3 Å². The summed E-state index contributed by atoms with van der Waals surface area (Å²) < 4.78 is 7.83. The zero-order chi connectivity index (χ0) is 34.7. The number of hydrogen-bond acceptors (Lipinski definition) is 10. The predicted molar refractivity (Wildman–Crippen MR) is 214 cm³/mol. The van der Waals surface area contributed by atoms with Crippen LogP contribution < -0.4 is 25.9 Å². The molecule has 0 bridgehead atoms. The fourth-order valence-corrected chi connectivity index (χ4v) is 7.39. The maximum atomic E-state index is 7.83. The van der Waals surface area contributed by atoms with Gasteiger partial charge in [0, 0.05) is 74.7 Å². The van der Waals surface area contributed by atoms with E-state index in [1.807, 2.05) is 6.07 Å². The van der Waals surface area contributed by atoms with E-state index in [-0.39, 0.29) is 7.43 Å². The molecular formula is C41H53N7O2S. The Morgan fingerprint density at radius 2 is 1.39 bits per heavy atom. The van der Waals surface area contributed by atoms with Gasteiger partial charge in [-0.25, -0.2) is 4.98 Å². The van der Waals surface area contributed by atoms with Crippen LogP contribution >= 0.6 is 0 Å². The number of para-hydroxylation sites is 1. The summed E-state index contributed by atoms with van der Waals surface area (Å²) >= 11 is 2.83. The SMILES string of the molecule is C.CN(C)c1cccc2c(ONCC3CCC(CNc4nc(NC5CCN(Cc6ccccc6)CC5)c5ccccc5n4)CC3)cccc12.O=S. The van der Waals surface area contributed by atoms with Crippen molar-refractivity contribution in [3.8, 4) is 5.75 Å². The molecule has 0 amide bonds. The van der Waals surface area contributed by atoms with Crippen LogP contribution in [-0.2, 0) is 19.1 Å². The van der Waals surface area contributed by atoms with Crippen molar-refractivity contribution in [1.29, 1.82) is 0 Å². The second-order valence-corrected chi connectivity index (χ2v) is 13.8. The highest BCUT2D eigenvalue weighted by Crippen LogP contribution is 2.33. The number of piperidine rings is 1. The van der Waals surface area contributed by atoms with E-state index < -0.39 is 0 Å². The zero-order valence-electron chi connectivity index (χ0n) is 29.2. The van der Waals surface area contributed by atoms with Crippen LogP contribution in [0.5, 0.6) is 5.75 Å². The van der Waals surface area contributed by atoms with Gasteiger partial charge in [0.25, 0.3) is 0 Å². The number of benzene rings is 4. The van der Waals surface area contributed by atoms with Crippen LogP contribution in [0.4, 0.5) is 17.5 Å². The Morgan fingerprint density at radius 3 is 2.14 bits per heavy atom. The molecule has 270 valence electrons. The number of fused-ring (bicyclic) bond motifs is 2. The molecule has 51 heavy (non-hydrogen) atoms. The van der Waals surface area contributed by atoms with Crippen LogP contribution in [0.2, 0.25) is 0 Å². The molecule has 1 aliphatic heterocycles. The van der Waals surface area contributed by atoms with Crippen LogP contribution in [0.1, 0.15) is 51.5 Å². The summed E-state index contributed by atoms with van der Waals surface area (Å²) in [7, 11) is 4.16. The fourth-order valence-electron chi connectivity index (χ4n) is 7.39. The maximum Gasteiger partial charge on any atom is 0.225 e. The standard InChI is InChI=1S/C40H49N7O.CH4.OS/c1-46(2)37-16-8-14-34-33(37)13-9-17-38(34)48-42-27-30-20-18-29(19-21-30)26-41-40-44-36-15-7-6-12-35(36)39(45-40)43-32-22-24-47(25-23-32)28-31-10-4-3-5-11-31;;1-2/h3-17,29-30,32,42H,18-28H2,1-2H3,(H2,41,43,44,45);1H4;. The zero-order valence-corrected chi connectivity index (χ0v) is 30.0. The average molecular weight is 708 g/mol. The Hall–Kier alpha value is -4.38. The fraction of sp³-hybridized carbons (Fsp3) is 0.415. The van der Waals surface area contributed by atoms with Gasteiger partial charge < -0.3 is 20.4 Å². The van der Waals surface area contributed by atoms with Crippen molar-refractivity contribution >= 4 is 51.7 Å². The summed E-state index contributed by atoms with van der Waals surface area (Å²) in [6.07, 6.45) is 6.99. The predicted octanol–water partition coefficient (Wildman–Crippen LogP) is 8.03. The molecule has 2 aliphatic rings. The van der Waals surface area contributed by atoms with E-state index in [2.05, 4.69) is 137 Å². The molecule has 1 aromatic heterocycles. The summed E-state index contributed by atoms with van der Waals surface area (Å²) in [4.78, 5) is 20.7. The number of aromatic nitrogens is 2. The van der Waals surface area contributed by atoms with Gasteiger partial charge in [0.05, 0.1) is 5.52 Å². The third-order valence-electron chi connectivity index (χ3n) is 10.2. The lowest BCUT2D eigenvalue weighted by Gasteiger charge is -2.33. The van der Waals surface area contributed by atoms with Gasteiger partial charge in [-0.1, -0.05) is 74.2 Å². The molecule has 4 aromatic carbocycles. The molecule has 1 saturated carbocycles. The largest absolute Gasteiger partial charge is 0.408 e. The highest BCUT2D eigenvalue weighted by Gasteiger charge is 2.23. The van der Waals surface area contributed by atoms with Crippen molar-refractivity contribution in [3.05, 3.63) is 96.6 Å². The number of hydrogen-bond donors (Lipinski definition) is 3. The van der Waals surface area contributed by atoms with Crippen molar-refractivity contribution in [3.63, 3.8) is 0 Å². The molecule has 3 N–H and O–H groups in total. The summed E-state index contributed by atoms with van der Waals surface area (Å²) in [5, 5.41) is 10.8. The first-order valence-electron chi connectivity index (χ1n) is 17.9. The Labute approximate surface area is 308 Å². The number of nitrogens with one attached hydrogen (secondary N) is 3. The Kier molecular flexibility index (Phi) is 13.9. The van der Waals surface area contributed by atoms with Crippen LogP contribution in [0.3, 0.4) is 0 Å².